The molecule has 3 nitrogen and oxygen atoms in total. The third-order valence-electron chi connectivity index (χ3n) is 2.61. The van der Waals surface area contributed by atoms with Gasteiger partial charge in [0.2, 0.25) is 0 Å². The van der Waals surface area contributed by atoms with Crippen LogP contribution in [0, 0.1) is 5.82 Å². The van der Waals surface area contributed by atoms with Gasteiger partial charge >= 0.3 is 0 Å². The molecule has 2 aromatic carbocycles. The standard InChI is InChI=1S/C14H11BrFNO2S/c1-19-13-6-8(16)2-5-12(13)17-14(18)10-7-9(20)3-4-11(10)15/h2-7,20H,1H3,(H,17,18). The Labute approximate surface area is 129 Å². The van der Waals surface area contributed by atoms with E-state index in [1.807, 2.05) is 0 Å². The number of hydrogen-bond donors (Lipinski definition) is 2. The lowest BCUT2D eigenvalue weighted by Crippen LogP contribution is -2.13. The minimum atomic E-state index is -0.432. The fraction of sp³-hybridized carbons (Fsp3) is 0.0714. The minimum Gasteiger partial charge on any atom is -0.494 e. The second-order valence-corrected chi connectivity index (χ2v) is 5.33. The normalized spacial score (nSPS) is 10.2. The molecule has 0 fully saturated rings. The van der Waals surface area contributed by atoms with E-state index in [2.05, 4.69) is 33.9 Å². The van der Waals surface area contributed by atoms with E-state index in [-0.39, 0.29) is 11.7 Å². The fourth-order valence-corrected chi connectivity index (χ4v) is 2.28. The van der Waals surface area contributed by atoms with Gasteiger partial charge in [0, 0.05) is 15.4 Å². The third-order valence-corrected chi connectivity index (χ3v) is 3.58. The number of rotatable bonds is 3. The molecule has 0 saturated carbocycles. The van der Waals surface area contributed by atoms with E-state index in [0.717, 1.165) is 0 Å². The van der Waals surface area contributed by atoms with Crippen molar-refractivity contribution >= 4 is 40.2 Å². The van der Waals surface area contributed by atoms with Gasteiger partial charge in [-0.2, -0.15) is 0 Å². The highest BCUT2D eigenvalue weighted by atomic mass is 79.9. The molecular formula is C14H11BrFNO2S. The van der Waals surface area contributed by atoms with Gasteiger partial charge in [0.1, 0.15) is 11.6 Å². The van der Waals surface area contributed by atoms with Crippen LogP contribution in [0.15, 0.2) is 45.8 Å². The van der Waals surface area contributed by atoms with E-state index in [9.17, 15) is 9.18 Å². The van der Waals surface area contributed by atoms with Crippen molar-refractivity contribution in [1.82, 2.24) is 0 Å². The van der Waals surface area contributed by atoms with Crippen LogP contribution in [0.1, 0.15) is 10.4 Å². The van der Waals surface area contributed by atoms with E-state index in [1.165, 1.54) is 25.3 Å². The molecule has 0 spiro atoms. The van der Waals surface area contributed by atoms with Gasteiger partial charge in [-0.05, 0) is 46.3 Å². The number of benzene rings is 2. The van der Waals surface area contributed by atoms with Crippen LogP contribution in [0.3, 0.4) is 0 Å². The quantitative estimate of drug-likeness (QED) is 0.812. The summed E-state index contributed by atoms with van der Waals surface area (Å²) in [7, 11) is 1.41. The molecule has 2 aromatic rings. The molecule has 104 valence electrons. The first kappa shape index (κ1) is 14.9. The molecule has 0 unspecified atom stereocenters. The van der Waals surface area contributed by atoms with Crippen LogP contribution in [-0.2, 0) is 0 Å². The molecule has 20 heavy (non-hydrogen) atoms. The van der Waals surface area contributed by atoms with Gasteiger partial charge in [0.05, 0.1) is 18.4 Å². The van der Waals surface area contributed by atoms with Crippen LogP contribution in [-0.4, -0.2) is 13.0 Å². The second-order valence-electron chi connectivity index (χ2n) is 3.96. The summed E-state index contributed by atoms with van der Waals surface area (Å²) in [5, 5.41) is 2.68. The van der Waals surface area contributed by atoms with Crippen LogP contribution >= 0.6 is 28.6 Å². The number of thiol groups is 1. The maximum absolute atomic E-state index is 13.1. The molecule has 2 rings (SSSR count). The summed E-state index contributed by atoms with van der Waals surface area (Å²) in [5.74, 6) is -0.507. The fourth-order valence-electron chi connectivity index (χ4n) is 1.65. The highest BCUT2D eigenvalue weighted by molar-refractivity contribution is 9.10. The summed E-state index contributed by atoms with van der Waals surface area (Å²) in [6.45, 7) is 0. The van der Waals surface area contributed by atoms with Gasteiger partial charge in [0.15, 0.2) is 0 Å². The lowest BCUT2D eigenvalue weighted by molar-refractivity contribution is 0.102. The van der Waals surface area contributed by atoms with Gasteiger partial charge in [-0.1, -0.05) is 0 Å². The molecule has 6 heteroatoms. The molecule has 1 N–H and O–H groups in total. The van der Waals surface area contributed by atoms with E-state index >= 15 is 0 Å². The van der Waals surface area contributed by atoms with E-state index in [4.69, 9.17) is 4.74 Å². The predicted molar refractivity (Wildman–Crippen MR) is 82.3 cm³/mol. The lowest BCUT2D eigenvalue weighted by Gasteiger charge is -2.11. The maximum atomic E-state index is 13.1. The average Bonchev–Trinajstić information content (AvgIpc) is 2.43. The number of anilines is 1. The van der Waals surface area contributed by atoms with Crippen molar-refractivity contribution in [2.75, 3.05) is 12.4 Å². The Kier molecular flexibility index (Phi) is 4.67. The first-order chi connectivity index (χ1) is 9.51. The number of nitrogens with one attached hydrogen (secondary N) is 1. The van der Waals surface area contributed by atoms with Crippen LogP contribution in [0.25, 0.3) is 0 Å². The second kappa shape index (κ2) is 6.28. The van der Waals surface area contributed by atoms with E-state index in [0.29, 0.717) is 20.6 Å². The van der Waals surface area contributed by atoms with E-state index in [1.54, 1.807) is 18.2 Å². The summed E-state index contributed by atoms with van der Waals surface area (Å²) in [6, 6.07) is 9.05. The number of amides is 1. The van der Waals surface area contributed by atoms with Gasteiger partial charge in [-0.25, -0.2) is 4.39 Å². The van der Waals surface area contributed by atoms with E-state index < -0.39 is 5.82 Å². The molecular weight excluding hydrogens is 345 g/mol. The summed E-state index contributed by atoms with van der Waals surface area (Å²) >= 11 is 7.50. The molecule has 0 atom stereocenters. The zero-order valence-corrected chi connectivity index (χ0v) is 13.0. The average molecular weight is 356 g/mol. The van der Waals surface area contributed by atoms with Crippen molar-refractivity contribution in [3.8, 4) is 5.75 Å². The number of carbonyl (C=O) groups is 1. The molecule has 0 aliphatic heterocycles. The van der Waals surface area contributed by atoms with Crippen LogP contribution < -0.4 is 10.1 Å². The van der Waals surface area contributed by atoms with Crippen molar-refractivity contribution < 1.29 is 13.9 Å². The number of hydrogen-bond acceptors (Lipinski definition) is 3. The van der Waals surface area contributed by atoms with Crippen molar-refractivity contribution in [3.63, 3.8) is 0 Å². The van der Waals surface area contributed by atoms with Crippen LogP contribution in [0.5, 0.6) is 5.75 Å². The first-order valence-corrected chi connectivity index (χ1v) is 6.88. The van der Waals surface area contributed by atoms with Crippen LogP contribution in [0.4, 0.5) is 10.1 Å². The molecule has 0 heterocycles. The van der Waals surface area contributed by atoms with Gasteiger partial charge in [0.25, 0.3) is 5.91 Å². The Morgan fingerprint density at radius 2 is 2.05 bits per heavy atom. The summed E-state index contributed by atoms with van der Waals surface area (Å²) in [4.78, 5) is 12.9. The Morgan fingerprint density at radius 3 is 2.75 bits per heavy atom. The van der Waals surface area contributed by atoms with Gasteiger partial charge in [-0.15, -0.1) is 12.6 Å². The SMILES string of the molecule is COc1cc(F)ccc1NC(=O)c1cc(S)ccc1Br. The molecule has 0 radical (unpaired) electrons. The number of methoxy groups -OCH3 is 1. The number of carbonyl (C=O) groups excluding carboxylic acids is 1. The molecule has 0 aromatic heterocycles. The minimum absolute atomic E-state index is 0.261. The maximum Gasteiger partial charge on any atom is 0.256 e. The van der Waals surface area contributed by atoms with Crippen molar-refractivity contribution in [2.45, 2.75) is 4.90 Å². The summed E-state index contributed by atoms with van der Waals surface area (Å²) < 4.78 is 18.8. The number of ether oxygens (including phenoxy) is 1. The Balaban J connectivity index is 2.30. The topological polar surface area (TPSA) is 38.3 Å². The van der Waals surface area contributed by atoms with Gasteiger partial charge in [-0.3, -0.25) is 4.79 Å². The van der Waals surface area contributed by atoms with Crippen molar-refractivity contribution in [2.24, 2.45) is 0 Å². The molecule has 0 aliphatic rings. The monoisotopic (exact) mass is 355 g/mol. The molecule has 0 saturated heterocycles. The first-order valence-electron chi connectivity index (χ1n) is 5.64. The Morgan fingerprint density at radius 1 is 1.30 bits per heavy atom. The third kappa shape index (κ3) is 3.32. The highest BCUT2D eigenvalue weighted by Crippen LogP contribution is 2.27. The zero-order chi connectivity index (χ0) is 14.7. The summed E-state index contributed by atoms with van der Waals surface area (Å²) in [5.41, 5.74) is 0.833. The summed E-state index contributed by atoms with van der Waals surface area (Å²) in [6.07, 6.45) is 0. The largest absolute Gasteiger partial charge is 0.494 e. The molecule has 1 amide bonds. The Hall–Kier alpha value is -1.53. The molecule has 0 aliphatic carbocycles. The number of halogens is 2. The van der Waals surface area contributed by atoms with Crippen LogP contribution in [0.2, 0.25) is 0 Å². The Bertz CT molecular complexity index is 664. The van der Waals surface area contributed by atoms with Crippen molar-refractivity contribution in [3.05, 3.63) is 52.3 Å². The molecule has 0 bridgehead atoms. The smallest absolute Gasteiger partial charge is 0.256 e. The predicted octanol–water partition coefficient (Wildman–Crippen LogP) is 4.14. The zero-order valence-electron chi connectivity index (χ0n) is 10.5. The van der Waals surface area contributed by atoms with Gasteiger partial charge < -0.3 is 10.1 Å². The lowest BCUT2D eigenvalue weighted by atomic mass is 10.2. The van der Waals surface area contributed by atoms with Crippen molar-refractivity contribution in [1.29, 1.82) is 0 Å². The highest BCUT2D eigenvalue weighted by Gasteiger charge is 2.13.